The van der Waals surface area contributed by atoms with Crippen LogP contribution in [0.15, 0.2) is 48.5 Å². The zero-order valence-electron chi connectivity index (χ0n) is 16.8. The van der Waals surface area contributed by atoms with Gasteiger partial charge >= 0.3 is 0 Å². The second kappa shape index (κ2) is 8.50. The lowest BCUT2D eigenvalue weighted by molar-refractivity contribution is -0.118. The third kappa shape index (κ3) is 4.11. The van der Waals surface area contributed by atoms with Crippen LogP contribution in [0.1, 0.15) is 25.3 Å². The van der Waals surface area contributed by atoms with Crippen LogP contribution in [0.2, 0.25) is 0 Å². The highest BCUT2D eigenvalue weighted by Gasteiger charge is 2.17. The third-order valence-electron chi connectivity index (χ3n) is 4.50. The van der Waals surface area contributed by atoms with Crippen LogP contribution in [0.3, 0.4) is 0 Å². The highest BCUT2D eigenvalue weighted by molar-refractivity contribution is 7.20. The van der Waals surface area contributed by atoms with Crippen LogP contribution in [0.5, 0.6) is 11.5 Å². The van der Waals surface area contributed by atoms with Crippen molar-refractivity contribution in [2.45, 2.75) is 19.8 Å². The fourth-order valence-electron chi connectivity index (χ4n) is 2.92. The van der Waals surface area contributed by atoms with Crippen LogP contribution >= 0.6 is 11.3 Å². The molecular weight excluding hydrogens is 402 g/mol. The molecule has 2 aromatic heterocycles. The van der Waals surface area contributed by atoms with Crippen molar-refractivity contribution < 1.29 is 14.3 Å². The minimum atomic E-state index is -0.299. The topological polar surface area (TPSA) is 90.6 Å². The van der Waals surface area contributed by atoms with E-state index in [1.54, 1.807) is 11.6 Å². The number of fused-ring (bicyclic) bond motifs is 1. The van der Waals surface area contributed by atoms with E-state index in [1.165, 1.54) is 16.9 Å². The van der Waals surface area contributed by atoms with E-state index in [2.05, 4.69) is 34.5 Å². The molecule has 1 amide bonds. The summed E-state index contributed by atoms with van der Waals surface area (Å²) in [6, 6.07) is 15.2. The number of amides is 1. The molecule has 0 aliphatic rings. The maximum atomic E-state index is 12.3. The summed E-state index contributed by atoms with van der Waals surface area (Å²) in [5.74, 6) is 2.00. The Morgan fingerprint density at radius 2 is 1.90 bits per heavy atom. The Kier molecular flexibility index (Phi) is 5.62. The Hall–Kier alpha value is -3.46. The number of carbonyl (C=O) groups is 1. The molecular formula is C21H21N5O3S. The molecule has 2 aromatic carbocycles. The molecule has 9 heteroatoms. The SMILES string of the molecule is COc1ccccc1-c1nnc2sc(NC(=O)COc3ccc(C(C)C)cc3)nn12. The zero-order valence-corrected chi connectivity index (χ0v) is 17.6. The van der Waals surface area contributed by atoms with Crippen molar-refractivity contribution in [2.24, 2.45) is 0 Å². The number of nitrogens with one attached hydrogen (secondary N) is 1. The number of aromatic nitrogens is 4. The van der Waals surface area contributed by atoms with Gasteiger partial charge in [0.2, 0.25) is 10.1 Å². The predicted molar refractivity (Wildman–Crippen MR) is 115 cm³/mol. The number of rotatable bonds is 7. The molecule has 8 nitrogen and oxygen atoms in total. The summed E-state index contributed by atoms with van der Waals surface area (Å²) >= 11 is 1.23. The molecule has 1 N–H and O–H groups in total. The highest BCUT2D eigenvalue weighted by Crippen LogP contribution is 2.30. The second-order valence-electron chi connectivity index (χ2n) is 6.89. The molecule has 0 atom stereocenters. The van der Waals surface area contributed by atoms with E-state index in [0.717, 1.165) is 5.56 Å². The van der Waals surface area contributed by atoms with Crippen LogP contribution < -0.4 is 14.8 Å². The zero-order chi connectivity index (χ0) is 21.1. The number of methoxy groups -OCH3 is 1. The molecule has 0 radical (unpaired) electrons. The molecule has 0 fully saturated rings. The van der Waals surface area contributed by atoms with Crippen molar-refractivity contribution in [2.75, 3.05) is 19.0 Å². The van der Waals surface area contributed by atoms with Crippen LogP contribution in [0, 0.1) is 0 Å². The molecule has 0 aliphatic heterocycles. The number of hydrogen-bond acceptors (Lipinski definition) is 7. The van der Waals surface area contributed by atoms with E-state index in [9.17, 15) is 4.79 Å². The largest absolute Gasteiger partial charge is 0.496 e. The van der Waals surface area contributed by atoms with Gasteiger partial charge in [0, 0.05) is 0 Å². The fraction of sp³-hybridized carbons (Fsp3) is 0.238. The predicted octanol–water partition coefficient (Wildman–Crippen LogP) is 4.00. The summed E-state index contributed by atoms with van der Waals surface area (Å²) in [5.41, 5.74) is 1.99. The molecule has 0 saturated heterocycles. The summed E-state index contributed by atoms with van der Waals surface area (Å²) in [6.07, 6.45) is 0. The monoisotopic (exact) mass is 423 g/mol. The van der Waals surface area contributed by atoms with Gasteiger partial charge in [0.1, 0.15) is 11.5 Å². The average Bonchev–Trinajstić information content (AvgIpc) is 3.32. The first-order valence-electron chi connectivity index (χ1n) is 9.43. The molecule has 154 valence electrons. The Balaban J connectivity index is 1.44. The molecule has 2 heterocycles. The number of para-hydroxylation sites is 1. The lowest BCUT2D eigenvalue weighted by Gasteiger charge is -2.08. The Labute approximate surface area is 177 Å². The van der Waals surface area contributed by atoms with Gasteiger partial charge in [0.25, 0.3) is 5.91 Å². The van der Waals surface area contributed by atoms with E-state index in [4.69, 9.17) is 9.47 Å². The minimum Gasteiger partial charge on any atom is -0.496 e. The van der Waals surface area contributed by atoms with E-state index in [0.29, 0.717) is 33.3 Å². The van der Waals surface area contributed by atoms with Crippen molar-refractivity contribution in [1.29, 1.82) is 0 Å². The molecule has 4 rings (SSSR count). The van der Waals surface area contributed by atoms with E-state index in [1.807, 2.05) is 48.5 Å². The molecule has 0 bridgehead atoms. The van der Waals surface area contributed by atoms with Gasteiger partial charge < -0.3 is 9.47 Å². The summed E-state index contributed by atoms with van der Waals surface area (Å²) < 4.78 is 12.5. The number of ether oxygens (including phenoxy) is 2. The highest BCUT2D eigenvalue weighted by atomic mass is 32.1. The number of carbonyl (C=O) groups excluding carboxylic acids is 1. The molecule has 30 heavy (non-hydrogen) atoms. The lowest BCUT2D eigenvalue weighted by Crippen LogP contribution is -2.20. The van der Waals surface area contributed by atoms with E-state index >= 15 is 0 Å². The Bertz CT molecular complexity index is 1170. The van der Waals surface area contributed by atoms with Gasteiger partial charge in [0.15, 0.2) is 12.4 Å². The first kappa shape index (κ1) is 19.8. The Morgan fingerprint density at radius 1 is 1.13 bits per heavy atom. The average molecular weight is 423 g/mol. The first-order chi connectivity index (χ1) is 14.5. The van der Waals surface area contributed by atoms with Crippen molar-refractivity contribution in [3.8, 4) is 22.9 Å². The summed E-state index contributed by atoms with van der Waals surface area (Å²) in [5, 5.41) is 15.9. The van der Waals surface area contributed by atoms with Gasteiger partial charge in [-0.15, -0.1) is 15.3 Å². The van der Waals surface area contributed by atoms with Gasteiger partial charge in [-0.05, 0) is 35.7 Å². The summed E-state index contributed by atoms with van der Waals surface area (Å²) in [6.45, 7) is 4.15. The number of benzene rings is 2. The maximum Gasteiger partial charge on any atom is 0.264 e. The molecule has 4 aromatic rings. The summed E-state index contributed by atoms with van der Waals surface area (Å²) in [7, 11) is 1.60. The number of hydrogen-bond donors (Lipinski definition) is 1. The van der Waals surface area contributed by atoms with Crippen LogP contribution in [-0.2, 0) is 4.79 Å². The van der Waals surface area contributed by atoms with Crippen LogP contribution in [0.25, 0.3) is 16.3 Å². The van der Waals surface area contributed by atoms with Gasteiger partial charge in [-0.3, -0.25) is 10.1 Å². The van der Waals surface area contributed by atoms with E-state index < -0.39 is 0 Å². The summed E-state index contributed by atoms with van der Waals surface area (Å²) in [4.78, 5) is 12.8. The van der Waals surface area contributed by atoms with E-state index in [-0.39, 0.29) is 12.5 Å². The molecule has 0 unspecified atom stereocenters. The Morgan fingerprint density at radius 3 is 2.63 bits per heavy atom. The standard InChI is InChI=1S/C21H21N5O3S/c1-13(2)14-8-10-15(11-9-14)29-12-18(27)22-20-25-26-19(23-24-21(26)30-20)16-6-4-5-7-17(16)28-3/h4-11,13H,12H2,1-3H3,(H,22,25,27). The fourth-order valence-corrected chi connectivity index (χ4v) is 3.67. The lowest BCUT2D eigenvalue weighted by atomic mass is 10.0. The van der Waals surface area contributed by atoms with Gasteiger partial charge in [0.05, 0.1) is 12.7 Å². The third-order valence-corrected chi connectivity index (χ3v) is 5.32. The van der Waals surface area contributed by atoms with Crippen LogP contribution in [-0.4, -0.2) is 39.4 Å². The van der Waals surface area contributed by atoms with Crippen LogP contribution in [0.4, 0.5) is 5.13 Å². The van der Waals surface area contributed by atoms with Crippen molar-refractivity contribution in [3.63, 3.8) is 0 Å². The number of anilines is 1. The smallest absolute Gasteiger partial charge is 0.264 e. The van der Waals surface area contributed by atoms with Crippen molar-refractivity contribution >= 4 is 27.3 Å². The minimum absolute atomic E-state index is 0.111. The maximum absolute atomic E-state index is 12.3. The van der Waals surface area contributed by atoms with Gasteiger partial charge in [-0.2, -0.15) is 4.52 Å². The molecule has 0 aliphatic carbocycles. The second-order valence-corrected chi connectivity index (χ2v) is 7.84. The molecule has 0 spiro atoms. The first-order valence-corrected chi connectivity index (χ1v) is 10.2. The van der Waals surface area contributed by atoms with Crippen molar-refractivity contribution in [1.82, 2.24) is 19.8 Å². The quantitative estimate of drug-likeness (QED) is 0.483. The van der Waals surface area contributed by atoms with Gasteiger partial charge in [-0.25, -0.2) is 0 Å². The van der Waals surface area contributed by atoms with Gasteiger partial charge in [-0.1, -0.05) is 49.4 Å². The van der Waals surface area contributed by atoms with Crippen molar-refractivity contribution in [3.05, 3.63) is 54.1 Å². The normalized spacial score (nSPS) is 11.1. The number of nitrogens with zero attached hydrogens (tertiary/aromatic N) is 4. The molecule has 0 saturated carbocycles.